The number of aromatic amines is 1. The third-order valence-electron chi connectivity index (χ3n) is 5.17. The van der Waals surface area contributed by atoms with E-state index < -0.39 is 23.8 Å². The minimum absolute atomic E-state index is 0.242. The Kier molecular flexibility index (Phi) is 5.07. The van der Waals surface area contributed by atoms with Gasteiger partial charge in [0.2, 0.25) is 6.17 Å². The summed E-state index contributed by atoms with van der Waals surface area (Å²) in [4.78, 5) is 33.3. The van der Waals surface area contributed by atoms with Gasteiger partial charge in [-0.1, -0.05) is 46.3 Å². The predicted molar refractivity (Wildman–Crippen MR) is 124 cm³/mol. The fraction of sp³-hybridized carbons (Fsp3) is 0.0417. The van der Waals surface area contributed by atoms with Crippen LogP contribution in [0.1, 0.15) is 21.6 Å². The van der Waals surface area contributed by atoms with E-state index in [2.05, 4.69) is 36.5 Å². The summed E-state index contributed by atoms with van der Waals surface area (Å²) in [5.74, 6) is -1.49. The number of carbonyl (C=O) groups is 2. The smallest absolute Gasteiger partial charge is 0.269 e. The molecule has 1 aliphatic rings. The van der Waals surface area contributed by atoms with Gasteiger partial charge in [-0.15, -0.1) is 0 Å². The first-order chi connectivity index (χ1) is 15.5. The van der Waals surface area contributed by atoms with Gasteiger partial charge in [0.15, 0.2) is 0 Å². The van der Waals surface area contributed by atoms with Crippen molar-refractivity contribution in [2.75, 3.05) is 5.32 Å². The molecule has 0 aliphatic carbocycles. The monoisotopic (exact) mass is 490 g/mol. The van der Waals surface area contributed by atoms with Crippen molar-refractivity contribution in [3.05, 3.63) is 99.9 Å². The van der Waals surface area contributed by atoms with E-state index in [0.717, 1.165) is 15.4 Å². The molecular weight excluding hydrogens is 475 g/mol. The number of aromatic nitrogens is 1. The lowest BCUT2D eigenvalue weighted by atomic mass is 10.0. The molecule has 1 unspecified atom stereocenters. The molecule has 0 spiro atoms. The zero-order valence-electron chi connectivity index (χ0n) is 16.5. The summed E-state index contributed by atoms with van der Waals surface area (Å²) in [6.07, 6.45) is -1.25. The number of aliphatic imine (C=N–C) groups is 1. The summed E-state index contributed by atoms with van der Waals surface area (Å²) in [7, 11) is 0. The second kappa shape index (κ2) is 8.05. The third-order valence-corrected chi connectivity index (χ3v) is 5.66. The molecule has 1 aliphatic heterocycles. The highest BCUT2D eigenvalue weighted by Gasteiger charge is 2.28. The van der Waals surface area contributed by atoms with Crippen LogP contribution in [0.3, 0.4) is 0 Å². The summed E-state index contributed by atoms with van der Waals surface area (Å²) >= 11 is 3.41. The highest BCUT2D eigenvalue weighted by Crippen LogP contribution is 2.25. The number of anilines is 1. The largest absolute Gasteiger partial charge is 0.351 e. The zero-order valence-corrected chi connectivity index (χ0v) is 18.1. The fourth-order valence-corrected chi connectivity index (χ4v) is 4.03. The molecule has 32 heavy (non-hydrogen) atoms. The summed E-state index contributed by atoms with van der Waals surface area (Å²) in [6, 6.07) is 20.5. The Bertz CT molecular complexity index is 1410. The molecule has 158 valence electrons. The van der Waals surface area contributed by atoms with Crippen molar-refractivity contribution in [2.24, 2.45) is 4.99 Å². The lowest BCUT2D eigenvalue weighted by Gasteiger charge is -2.13. The van der Waals surface area contributed by atoms with Crippen LogP contribution in [0.2, 0.25) is 0 Å². The standard InChI is InChI=1S/C24H16BrFN4O2/c25-14-9-10-18-13(11-14)12-20(27-18)23(31)30-22-24(32)28-19-8-4-2-6-16(19)21(29-22)15-5-1-3-7-17(15)26/h1-12,22,27H,(H,28,32)(H,30,31). The molecule has 4 aromatic rings. The van der Waals surface area contributed by atoms with Crippen molar-refractivity contribution < 1.29 is 14.0 Å². The molecule has 3 N–H and O–H groups in total. The van der Waals surface area contributed by atoms with Crippen molar-refractivity contribution in [3.8, 4) is 0 Å². The number of nitrogens with one attached hydrogen (secondary N) is 3. The maximum absolute atomic E-state index is 14.6. The number of benzene rings is 3. The Morgan fingerprint density at radius 2 is 1.75 bits per heavy atom. The average molecular weight is 491 g/mol. The van der Waals surface area contributed by atoms with Gasteiger partial charge in [-0.3, -0.25) is 9.59 Å². The van der Waals surface area contributed by atoms with E-state index in [1.165, 1.54) is 6.07 Å². The van der Waals surface area contributed by atoms with Crippen LogP contribution in [0.25, 0.3) is 10.9 Å². The van der Waals surface area contributed by atoms with Crippen molar-refractivity contribution in [3.63, 3.8) is 0 Å². The van der Waals surface area contributed by atoms with Gasteiger partial charge in [-0.05, 0) is 42.5 Å². The van der Waals surface area contributed by atoms with Crippen LogP contribution in [-0.2, 0) is 4.79 Å². The van der Waals surface area contributed by atoms with Crippen molar-refractivity contribution in [2.45, 2.75) is 6.17 Å². The number of hydrogen-bond acceptors (Lipinski definition) is 3. The van der Waals surface area contributed by atoms with Gasteiger partial charge in [-0.25, -0.2) is 9.38 Å². The topological polar surface area (TPSA) is 86.3 Å². The SMILES string of the molecule is O=C(NC1N=C(c2ccccc2F)c2ccccc2NC1=O)c1cc2cc(Br)ccc2[nH]1. The Balaban J connectivity index is 1.54. The number of para-hydroxylation sites is 1. The number of hydrogen-bond donors (Lipinski definition) is 3. The quantitative estimate of drug-likeness (QED) is 0.391. The molecule has 0 saturated carbocycles. The molecule has 3 aromatic carbocycles. The summed E-state index contributed by atoms with van der Waals surface area (Å²) in [5, 5.41) is 6.27. The molecule has 5 rings (SSSR count). The van der Waals surface area contributed by atoms with E-state index in [1.54, 1.807) is 48.5 Å². The second-order valence-electron chi connectivity index (χ2n) is 7.28. The summed E-state index contributed by atoms with van der Waals surface area (Å²) in [6.45, 7) is 0. The van der Waals surface area contributed by atoms with Crippen LogP contribution >= 0.6 is 15.9 Å². The minimum atomic E-state index is -1.25. The van der Waals surface area contributed by atoms with Crippen molar-refractivity contribution >= 4 is 50.0 Å². The van der Waals surface area contributed by atoms with E-state index in [-0.39, 0.29) is 17.0 Å². The van der Waals surface area contributed by atoms with Gasteiger partial charge in [0.25, 0.3) is 11.8 Å². The van der Waals surface area contributed by atoms with Gasteiger partial charge >= 0.3 is 0 Å². The number of carbonyl (C=O) groups excluding carboxylic acids is 2. The molecule has 0 fully saturated rings. The summed E-state index contributed by atoms with van der Waals surface area (Å²) in [5.41, 5.74) is 2.65. The Labute approximate surface area is 190 Å². The molecular formula is C24H16BrFN4O2. The van der Waals surface area contributed by atoms with E-state index in [1.807, 2.05) is 18.2 Å². The fourth-order valence-electron chi connectivity index (χ4n) is 3.65. The molecule has 1 atom stereocenters. The maximum atomic E-state index is 14.6. The summed E-state index contributed by atoms with van der Waals surface area (Å²) < 4.78 is 15.5. The first-order valence-corrected chi connectivity index (χ1v) is 10.6. The van der Waals surface area contributed by atoms with E-state index >= 15 is 0 Å². The van der Waals surface area contributed by atoms with Gasteiger partial charge in [0.05, 0.1) is 11.4 Å². The van der Waals surface area contributed by atoms with Crippen LogP contribution in [0.5, 0.6) is 0 Å². The number of nitrogens with zero attached hydrogens (tertiary/aromatic N) is 1. The number of fused-ring (bicyclic) bond motifs is 2. The van der Waals surface area contributed by atoms with Gasteiger partial charge < -0.3 is 15.6 Å². The third kappa shape index (κ3) is 3.69. The van der Waals surface area contributed by atoms with Gasteiger partial charge in [0, 0.05) is 26.5 Å². The van der Waals surface area contributed by atoms with E-state index in [4.69, 9.17) is 0 Å². The van der Waals surface area contributed by atoms with E-state index in [0.29, 0.717) is 11.3 Å². The normalized spacial score (nSPS) is 15.5. The highest BCUT2D eigenvalue weighted by atomic mass is 79.9. The lowest BCUT2D eigenvalue weighted by Crippen LogP contribution is -2.42. The maximum Gasteiger partial charge on any atom is 0.269 e. The molecule has 0 radical (unpaired) electrons. The highest BCUT2D eigenvalue weighted by molar-refractivity contribution is 9.10. The lowest BCUT2D eigenvalue weighted by molar-refractivity contribution is -0.117. The zero-order chi connectivity index (χ0) is 22.2. The number of halogens is 2. The molecule has 2 heterocycles. The minimum Gasteiger partial charge on any atom is -0.351 e. The van der Waals surface area contributed by atoms with Gasteiger partial charge in [0.1, 0.15) is 11.5 Å². The van der Waals surface area contributed by atoms with Crippen LogP contribution in [0.15, 0.2) is 82.3 Å². The van der Waals surface area contributed by atoms with Crippen LogP contribution in [-0.4, -0.2) is 28.7 Å². The Hall–Kier alpha value is -3.78. The molecule has 2 amide bonds. The Morgan fingerprint density at radius 3 is 2.56 bits per heavy atom. The molecule has 0 saturated heterocycles. The molecule has 0 bridgehead atoms. The second-order valence-corrected chi connectivity index (χ2v) is 8.20. The number of rotatable bonds is 3. The van der Waals surface area contributed by atoms with Crippen LogP contribution in [0.4, 0.5) is 10.1 Å². The van der Waals surface area contributed by atoms with E-state index in [9.17, 15) is 14.0 Å². The van der Waals surface area contributed by atoms with Gasteiger partial charge in [-0.2, -0.15) is 0 Å². The first kappa shape index (κ1) is 20.1. The predicted octanol–water partition coefficient (Wildman–Crippen LogP) is 4.62. The van der Waals surface area contributed by atoms with Crippen molar-refractivity contribution in [1.29, 1.82) is 0 Å². The average Bonchev–Trinajstić information content (AvgIpc) is 3.15. The molecule has 1 aromatic heterocycles. The van der Waals surface area contributed by atoms with Crippen molar-refractivity contribution in [1.82, 2.24) is 10.3 Å². The number of H-pyrrole nitrogens is 1. The molecule has 8 heteroatoms. The van der Waals surface area contributed by atoms with Crippen LogP contribution in [0, 0.1) is 5.82 Å². The van der Waals surface area contributed by atoms with Crippen LogP contribution < -0.4 is 10.6 Å². The molecule has 6 nitrogen and oxygen atoms in total. The Morgan fingerprint density at radius 1 is 1.00 bits per heavy atom. The number of benzodiazepines with no additional fused rings is 1. The number of amides is 2. The first-order valence-electron chi connectivity index (χ1n) is 9.82.